The number of aryl methyl sites for hydroxylation is 1. The maximum Gasteiger partial charge on any atom is 0.283 e. The fourth-order valence-electron chi connectivity index (χ4n) is 3.08. The van der Waals surface area contributed by atoms with Crippen molar-refractivity contribution < 1.29 is 22.7 Å². The van der Waals surface area contributed by atoms with E-state index in [-0.39, 0.29) is 40.2 Å². The van der Waals surface area contributed by atoms with Crippen molar-refractivity contribution in [2.24, 2.45) is 11.4 Å². The molecule has 10 heteroatoms. The van der Waals surface area contributed by atoms with Crippen LogP contribution in [0.2, 0.25) is 0 Å². The summed E-state index contributed by atoms with van der Waals surface area (Å²) in [6.45, 7) is 8.22. The summed E-state index contributed by atoms with van der Waals surface area (Å²) in [5.41, 5.74) is -0.931. The molecule has 1 amide bonds. The molecule has 0 radical (unpaired) electrons. The zero-order valence-electron chi connectivity index (χ0n) is 17.2. The van der Waals surface area contributed by atoms with E-state index in [1.54, 1.807) is 13.0 Å². The van der Waals surface area contributed by atoms with Crippen LogP contribution in [0, 0.1) is 17.1 Å². The Morgan fingerprint density at radius 2 is 2.16 bits per heavy atom. The molecule has 31 heavy (non-hydrogen) atoms. The van der Waals surface area contributed by atoms with Crippen LogP contribution in [0.4, 0.5) is 10.1 Å². The molecular weight excluding hydrogens is 423 g/mol. The molecule has 0 aliphatic carbocycles. The number of benzene rings is 1. The lowest BCUT2D eigenvalue weighted by Gasteiger charge is -2.18. The molecule has 8 nitrogen and oxygen atoms in total. The molecule has 0 saturated carbocycles. The summed E-state index contributed by atoms with van der Waals surface area (Å²) in [5.74, 6) is -1.37. The zero-order chi connectivity index (χ0) is 23.4. The fourth-order valence-corrected chi connectivity index (χ4v) is 4.02. The van der Waals surface area contributed by atoms with Gasteiger partial charge in [-0.2, -0.15) is 18.1 Å². The van der Waals surface area contributed by atoms with Crippen LogP contribution in [0.1, 0.15) is 41.4 Å². The Bertz CT molecular complexity index is 1180. The number of aliphatic hydroxyl groups is 1. The molecular formula is C21H23FN4O4S. The summed E-state index contributed by atoms with van der Waals surface area (Å²) in [6.07, 6.45) is 3.46. The summed E-state index contributed by atoms with van der Waals surface area (Å²) in [7, 11) is -2.58. The van der Waals surface area contributed by atoms with Crippen molar-refractivity contribution in [3.05, 3.63) is 59.7 Å². The second kappa shape index (κ2) is 9.24. The molecule has 1 heterocycles. The number of nitriles is 1. The highest BCUT2D eigenvalue weighted by Gasteiger charge is 2.28. The summed E-state index contributed by atoms with van der Waals surface area (Å²) >= 11 is 0. The number of halogens is 1. The van der Waals surface area contributed by atoms with Gasteiger partial charge in [-0.25, -0.2) is 4.39 Å². The van der Waals surface area contributed by atoms with Gasteiger partial charge in [-0.3, -0.25) is 4.79 Å². The molecule has 1 aromatic heterocycles. The van der Waals surface area contributed by atoms with Crippen LogP contribution >= 0.6 is 0 Å². The Morgan fingerprint density at radius 1 is 1.48 bits per heavy atom. The first-order valence-electron chi connectivity index (χ1n) is 9.24. The second-order valence-corrected chi connectivity index (χ2v) is 8.86. The van der Waals surface area contributed by atoms with Crippen LogP contribution in [-0.2, 0) is 23.5 Å². The van der Waals surface area contributed by atoms with Gasteiger partial charge in [0.05, 0.1) is 11.2 Å². The van der Waals surface area contributed by atoms with Crippen molar-refractivity contribution >= 4 is 28.3 Å². The number of hydrogen-bond donors (Lipinski definition) is 2. The van der Waals surface area contributed by atoms with Crippen molar-refractivity contribution in [2.75, 3.05) is 5.32 Å². The predicted octanol–water partition coefficient (Wildman–Crippen LogP) is 2.94. The summed E-state index contributed by atoms with van der Waals surface area (Å²) in [6, 6.07) is 5.21. The van der Waals surface area contributed by atoms with Crippen molar-refractivity contribution in [1.82, 2.24) is 4.57 Å². The number of carbonyl (C=O) groups is 1. The summed E-state index contributed by atoms with van der Waals surface area (Å²) in [4.78, 5) is 12.8. The van der Waals surface area contributed by atoms with Gasteiger partial charge in [0, 0.05) is 31.2 Å². The molecule has 2 aromatic rings. The minimum Gasteiger partial charge on any atom is -0.386 e. The molecule has 0 fully saturated rings. The van der Waals surface area contributed by atoms with Gasteiger partial charge in [0.15, 0.2) is 0 Å². The SMILES string of the molecule is C=CC(C)(O)CCCc1c(S(=O)(=O)N=C)cn(C)c1C(=O)Nc1ccc(F)c(C#N)c1. The van der Waals surface area contributed by atoms with Gasteiger partial charge in [-0.15, -0.1) is 6.58 Å². The van der Waals surface area contributed by atoms with E-state index in [9.17, 15) is 22.7 Å². The quantitative estimate of drug-likeness (QED) is 0.453. The number of sulfonamides is 1. The fraction of sp³-hybridized carbons (Fsp3) is 0.286. The van der Waals surface area contributed by atoms with Crippen LogP contribution in [0.5, 0.6) is 0 Å². The van der Waals surface area contributed by atoms with Crippen molar-refractivity contribution in [2.45, 2.75) is 36.7 Å². The van der Waals surface area contributed by atoms with Crippen LogP contribution < -0.4 is 5.32 Å². The first-order valence-corrected chi connectivity index (χ1v) is 10.7. The number of carbonyl (C=O) groups excluding carboxylic acids is 1. The van der Waals surface area contributed by atoms with E-state index in [1.165, 1.54) is 36.0 Å². The highest BCUT2D eigenvalue weighted by atomic mass is 32.2. The van der Waals surface area contributed by atoms with Gasteiger partial charge in [-0.1, -0.05) is 6.08 Å². The normalized spacial score (nSPS) is 13.1. The minimum absolute atomic E-state index is 0.0586. The average molecular weight is 447 g/mol. The van der Waals surface area contributed by atoms with Gasteiger partial charge in [0.25, 0.3) is 15.9 Å². The summed E-state index contributed by atoms with van der Waals surface area (Å²) < 4.78 is 42.9. The monoisotopic (exact) mass is 446 g/mol. The van der Waals surface area contributed by atoms with Crippen molar-refractivity contribution in [3.63, 3.8) is 0 Å². The standard InChI is InChI=1S/C21H23FN4O4S/c1-5-21(2,28)10-6-7-16-18(31(29,30)24-3)13-26(4)19(16)20(27)25-15-8-9-17(22)14(11-15)12-23/h5,8-9,11,13,28H,1,3,6-7,10H2,2,4H3,(H,25,27). The third-order valence-electron chi connectivity index (χ3n) is 4.80. The number of nitrogens with one attached hydrogen (secondary N) is 1. The number of amides is 1. The number of anilines is 1. The van der Waals surface area contributed by atoms with Crippen LogP contribution in [-0.4, -0.2) is 36.3 Å². The van der Waals surface area contributed by atoms with Crippen LogP contribution in [0.25, 0.3) is 0 Å². The number of aromatic nitrogens is 1. The summed E-state index contributed by atoms with van der Waals surface area (Å²) in [5, 5.41) is 21.6. The molecule has 2 rings (SSSR count). The Kier molecular flexibility index (Phi) is 7.15. The molecule has 164 valence electrons. The van der Waals surface area contributed by atoms with E-state index < -0.39 is 27.3 Å². The van der Waals surface area contributed by atoms with Gasteiger partial charge >= 0.3 is 0 Å². The first kappa shape index (κ1) is 24.0. The Hall–Kier alpha value is -3.29. The smallest absolute Gasteiger partial charge is 0.283 e. The van der Waals surface area contributed by atoms with E-state index in [2.05, 4.69) is 23.0 Å². The molecule has 1 aromatic carbocycles. The number of hydrogen-bond acceptors (Lipinski definition) is 5. The molecule has 0 bridgehead atoms. The highest BCUT2D eigenvalue weighted by Crippen LogP contribution is 2.27. The maximum atomic E-state index is 13.5. The average Bonchev–Trinajstić information content (AvgIpc) is 3.06. The Morgan fingerprint density at radius 3 is 2.74 bits per heavy atom. The van der Waals surface area contributed by atoms with E-state index in [0.717, 1.165) is 6.07 Å². The second-order valence-electron chi connectivity index (χ2n) is 7.21. The minimum atomic E-state index is -4.09. The predicted molar refractivity (Wildman–Crippen MR) is 115 cm³/mol. The van der Waals surface area contributed by atoms with Crippen LogP contribution in [0.3, 0.4) is 0 Å². The molecule has 0 aliphatic rings. The lowest BCUT2D eigenvalue weighted by Crippen LogP contribution is -2.21. The van der Waals surface area contributed by atoms with Gasteiger partial charge in [-0.05, 0) is 44.4 Å². The van der Waals surface area contributed by atoms with Gasteiger partial charge in [0.1, 0.15) is 22.5 Å². The highest BCUT2D eigenvalue weighted by molar-refractivity contribution is 7.90. The van der Waals surface area contributed by atoms with E-state index >= 15 is 0 Å². The van der Waals surface area contributed by atoms with Gasteiger partial charge < -0.3 is 15.0 Å². The molecule has 1 unspecified atom stereocenters. The first-order chi connectivity index (χ1) is 14.5. The maximum absolute atomic E-state index is 13.5. The van der Waals surface area contributed by atoms with Crippen molar-refractivity contribution in [1.29, 1.82) is 5.26 Å². The number of nitrogens with zero attached hydrogens (tertiary/aromatic N) is 3. The topological polar surface area (TPSA) is 125 Å². The molecule has 0 saturated heterocycles. The molecule has 0 spiro atoms. The lowest BCUT2D eigenvalue weighted by atomic mass is 9.97. The Labute approximate surface area is 180 Å². The largest absolute Gasteiger partial charge is 0.386 e. The molecule has 2 N–H and O–H groups in total. The van der Waals surface area contributed by atoms with Crippen molar-refractivity contribution in [3.8, 4) is 6.07 Å². The lowest BCUT2D eigenvalue weighted by molar-refractivity contribution is 0.0997. The third-order valence-corrected chi connectivity index (χ3v) is 6.05. The zero-order valence-corrected chi connectivity index (χ0v) is 18.0. The molecule has 0 aliphatic heterocycles. The van der Waals surface area contributed by atoms with Gasteiger partial charge in [0.2, 0.25) is 0 Å². The number of rotatable bonds is 9. The van der Waals surface area contributed by atoms with Crippen LogP contribution in [0.15, 0.2) is 46.3 Å². The molecule has 1 atom stereocenters. The van der Waals surface area contributed by atoms with E-state index in [4.69, 9.17) is 5.26 Å². The van der Waals surface area contributed by atoms with E-state index in [1.807, 2.05) is 0 Å². The van der Waals surface area contributed by atoms with E-state index in [0.29, 0.717) is 6.42 Å². The third kappa shape index (κ3) is 5.45. The Balaban J connectivity index is 2.45.